The van der Waals surface area contributed by atoms with Crippen LogP contribution >= 0.6 is 0 Å². The first-order chi connectivity index (χ1) is 30.3. The summed E-state index contributed by atoms with van der Waals surface area (Å²) in [4.78, 5) is 82.7. The Labute approximate surface area is 375 Å². The average molecular weight is 881 g/mol. The first-order valence-electron chi connectivity index (χ1n) is 21.9. The minimum absolute atomic E-state index is 0.0922. The summed E-state index contributed by atoms with van der Waals surface area (Å²) in [6.07, 6.45) is 4.20. The van der Waals surface area contributed by atoms with Crippen molar-refractivity contribution in [3.05, 3.63) is 75.4 Å². The molecule has 0 aromatic carbocycles. The standard InChI is InChI=1S/C49H64N6O9/c1-13-30-26(3)35-23-37-28(5)32(18-17-20-41(56)53-34(46(58)62-11)19-15-16-21-50-48(60)64-49(7,8)9)44(54-37)33(22-42(57)61-10)45-43(47(59)63-12)29(6)38(55-45)25-40-31(14-2)27(4)36(52-40)24-39(30)51-35/h13,23-25,28,32,34,51,55H,1,14-22H2,2-12H3,(H,50,60)(H,53,56)/t28-,32-,34-/m0/s1. The number of carbonyl (C=O) groups excluding carboxylic acids is 5. The number of rotatable bonds is 16. The first kappa shape index (κ1) is 48.8. The zero-order valence-electron chi connectivity index (χ0n) is 39.2. The zero-order valence-corrected chi connectivity index (χ0v) is 39.2. The lowest BCUT2D eigenvalue weighted by atomic mass is 9.84. The molecule has 2 aliphatic heterocycles. The second-order valence-corrected chi connectivity index (χ2v) is 17.4. The highest BCUT2D eigenvalue weighted by Crippen LogP contribution is 2.43. The minimum Gasteiger partial charge on any atom is -0.469 e. The van der Waals surface area contributed by atoms with Crippen LogP contribution in [0.3, 0.4) is 0 Å². The van der Waals surface area contributed by atoms with Crippen LogP contribution in [0.5, 0.6) is 0 Å². The molecule has 2 amide bonds. The predicted molar refractivity (Wildman–Crippen MR) is 247 cm³/mol. The van der Waals surface area contributed by atoms with Crippen LogP contribution in [-0.4, -0.2) is 89.4 Å². The van der Waals surface area contributed by atoms with Gasteiger partial charge in [0.05, 0.1) is 55.9 Å². The Bertz CT molecular complexity index is 2510. The number of H-pyrrole nitrogens is 2. The number of alkyl carbamates (subject to hydrolysis) is 1. The fourth-order valence-electron chi connectivity index (χ4n) is 8.52. The quantitative estimate of drug-likeness (QED) is 0.0608. The minimum atomic E-state index is -0.870. The van der Waals surface area contributed by atoms with Gasteiger partial charge in [-0.05, 0) is 121 Å². The smallest absolute Gasteiger partial charge is 0.407 e. The number of allylic oxidation sites excluding steroid dienone is 2. The SMILES string of the molecule is C=Cc1c(C)c2cc3nc(c(CC(=O)OC)c4[nH]c(cc5nc(cc1[nH]2)C(C)=C5CC)c(C)c4C(=O)OC)[C@@H](CCCC(=O)N[C@@H](CCCCNC(=O)OC(C)(C)C)C(=O)OC)[C@@H]3C. The number of nitrogens with one attached hydrogen (secondary N) is 4. The number of aryl methyl sites for hydroxylation is 2. The second-order valence-electron chi connectivity index (χ2n) is 17.4. The number of aromatic amines is 2. The molecule has 15 nitrogen and oxygen atoms in total. The van der Waals surface area contributed by atoms with Gasteiger partial charge in [0.15, 0.2) is 0 Å². The Morgan fingerprint density at radius 2 is 1.59 bits per heavy atom. The third-order valence-corrected chi connectivity index (χ3v) is 12.0. The van der Waals surface area contributed by atoms with Crippen LogP contribution in [0.25, 0.3) is 39.3 Å². The fourth-order valence-corrected chi connectivity index (χ4v) is 8.52. The van der Waals surface area contributed by atoms with Gasteiger partial charge in [-0.25, -0.2) is 19.4 Å². The van der Waals surface area contributed by atoms with E-state index in [1.165, 1.54) is 21.3 Å². The van der Waals surface area contributed by atoms with Gasteiger partial charge < -0.3 is 39.5 Å². The van der Waals surface area contributed by atoms with Crippen molar-refractivity contribution in [2.45, 2.75) is 130 Å². The fraction of sp³-hybridized carbons (Fsp3) is 0.490. The summed E-state index contributed by atoms with van der Waals surface area (Å²) in [5, 5.41) is 5.55. The predicted octanol–water partition coefficient (Wildman–Crippen LogP) is 8.83. The van der Waals surface area contributed by atoms with Gasteiger partial charge in [0.2, 0.25) is 5.91 Å². The number of amides is 2. The van der Waals surface area contributed by atoms with Crippen LogP contribution in [0, 0.1) is 13.8 Å². The number of nitrogens with zero attached hydrogens (tertiary/aromatic N) is 2. The van der Waals surface area contributed by atoms with Crippen molar-refractivity contribution in [3.8, 4) is 0 Å². The number of carbonyl (C=O) groups is 5. The first-order valence-corrected chi connectivity index (χ1v) is 21.9. The van der Waals surface area contributed by atoms with Gasteiger partial charge >= 0.3 is 24.0 Å². The zero-order chi connectivity index (χ0) is 47.0. The Balaban J connectivity index is 1.57. The molecule has 344 valence electrons. The number of hydrogen-bond donors (Lipinski definition) is 4. The van der Waals surface area contributed by atoms with E-state index in [9.17, 15) is 24.0 Å². The van der Waals surface area contributed by atoms with E-state index in [1.807, 2.05) is 38.1 Å². The lowest BCUT2D eigenvalue weighted by molar-refractivity contribution is -0.145. The molecule has 0 fully saturated rings. The van der Waals surface area contributed by atoms with Crippen molar-refractivity contribution in [2.24, 2.45) is 0 Å². The van der Waals surface area contributed by atoms with Crippen molar-refractivity contribution >= 4 is 69.2 Å². The van der Waals surface area contributed by atoms with Crippen molar-refractivity contribution in [2.75, 3.05) is 27.9 Å². The van der Waals surface area contributed by atoms with Crippen molar-refractivity contribution in [1.82, 2.24) is 30.6 Å². The molecule has 2 aliphatic rings. The number of fused-ring (bicyclic) bond motifs is 8. The van der Waals surface area contributed by atoms with E-state index in [2.05, 4.69) is 48.0 Å². The van der Waals surface area contributed by atoms with E-state index in [0.29, 0.717) is 66.5 Å². The summed E-state index contributed by atoms with van der Waals surface area (Å²) < 4.78 is 20.9. The molecule has 3 aromatic rings. The number of methoxy groups -OCH3 is 3. The highest BCUT2D eigenvalue weighted by molar-refractivity contribution is 6.03. The molecule has 0 saturated carbocycles. The van der Waals surface area contributed by atoms with Crippen molar-refractivity contribution in [1.29, 1.82) is 0 Å². The van der Waals surface area contributed by atoms with Crippen LogP contribution < -0.4 is 10.6 Å². The Morgan fingerprint density at radius 1 is 0.891 bits per heavy atom. The monoisotopic (exact) mass is 880 g/mol. The maximum Gasteiger partial charge on any atom is 0.407 e. The maximum atomic E-state index is 13.7. The topological polar surface area (TPSA) is 204 Å². The third kappa shape index (κ3) is 11.1. The molecule has 3 atom stereocenters. The Kier molecular flexibility index (Phi) is 16.0. The molecule has 0 radical (unpaired) electrons. The molecule has 64 heavy (non-hydrogen) atoms. The van der Waals surface area contributed by atoms with E-state index in [4.69, 9.17) is 28.9 Å². The van der Waals surface area contributed by atoms with Gasteiger partial charge in [-0.1, -0.05) is 26.5 Å². The molecule has 15 heteroatoms. The van der Waals surface area contributed by atoms with Crippen molar-refractivity contribution < 1.29 is 42.9 Å². The van der Waals surface area contributed by atoms with E-state index in [-0.39, 0.29) is 36.1 Å². The summed E-state index contributed by atoms with van der Waals surface area (Å²) in [5.41, 5.74) is 10.3. The highest BCUT2D eigenvalue weighted by Gasteiger charge is 2.34. The molecule has 0 saturated heterocycles. The Hall–Kier alpha value is -6.25. The van der Waals surface area contributed by atoms with E-state index in [0.717, 1.165) is 56.8 Å². The van der Waals surface area contributed by atoms with Crippen LogP contribution in [0.15, 0.2) is 24.8 Å². The summed E-state index contributed by atoms with van der Waals surface area (Å²) in [6, 6.07) is 5.11. The number of unbranched alkanes of at least 4 members (excludes halogenated alkanes) is 1. The normalized spacial score (nSPS) is 15.3. The van der Waals surface area contributed by atoms with Crippen LogP contribution in [0.1, 0.15) is 154 Å². The molecule has 4 N–H and O–H groups in total. The number of hydrogen-bond acceptors (Lipinski definition) is 11. The van der Waals surface area contributed by atoms with E-state index in [1.54, 1.807) is 20.8 Å². The van der Waals surface area contributed by atoms with E-state index < -0.39 is 35.6 Å². The molecule has 5 heterocycles. The van der Waals surface area contributed by atoms with E-state index >= 15 is 0 Å². The third-order valence-electron chi connectivity index (χ3n) is 12.0. The van der Waals surface area contributed by atoms with Gasteiger partial charge in [-0.2, -0.15) is 0 Å². The molecule has 0 spiro atoms. The molecule has 0 unspecified atom stereocenters. The summed E-state index contributed by atoms with van der Waals surface area (Å²) >= 11 is 0. The summed E-state index contributed by atoms with van der Waals surface area (Å²) in [7, 11) is 3.91. The van der Waals surface area contributed by atoms with Crippen LogP contribution in [0.2, 0.25) is 0 Å². The average Bonchev–Trinajstić information content (AvgIpc) is 3.93. The largest absolute Gasteiger partial charge is 0.469 e. The number of esters is 3. The molecule has 0 aliphatic carbocycles. The summed E-state index contributed by atoms with van der Waals surface area (Å²) in [5.74, 6) is -2.50. The van der Waals surface area contributed by atoms with Gasteiger partial charge in [0.1, 0.15) is 11.6 Å². The van der Waals surface area contributed by atoms with Crippen LogP contribution in [0.4, 0.5) is 4.79 Å². The number of ether oxygens (including phenoxy) is 4. The van der Waals surface area contributed by atoms with Crippen molar-refractivity contribution in [3.63, 3.8) is 0 Å². The molecular formula is C49H64N6O9. The molecule has 3 aromatic heterocycles. The lowest BCUT2D eigenvalue weighted by Crippen LogP contribution is -2.41. The maximum absolute atomic E-state index is 13.7. The summed E-state index contributed by atoms with van der Waals surface area (Å²) in [6.45, 7) is 19.9. The molecular weight excluding hydrogens is 817 g/mol. The molecule has 5 rings (SSSR count). The van der Waals surface area contributed by atoms with Crippen LogP contribution in [-0.2, 0) is 39.8 Å². The Morgan fingerprint density at radius 3 is 2.23 bits per heavy atom. The second kappa shape index (κ2) is 21.0. The lowest BCUT2D eigenvalue weighted by Gasteiger charge is -2.20. The van der Waals surface area contributed by atoms with Gasteiger partial charge in [0.25, 0.3) is 0 Å². The van der Waals surface area contributed by atoms with Gasteiger partial charge in [-0.3, -0.25) is 14.6 Å². The highest BCUT2D eigenvalue weighted by atomic mass is 16.6. The van der Waals surface area contributed by atoms with Gasteiger partial charge in [0, 0.05) is 58.2 Å². The molecule has 8 bridgehead atoms. The number of aromatic nitrogens is 4. The van der Waals surface area contributed by atoms with Gasteiger partial charge in [-0.15, -0.1) is 0 Å².